The molecule has 0 heterocycles. The fraction of sp³-hybridized carbons (Fsp3) is 1.00. The minimum absolute atomic E-state index is 0.0577. The highest BCUT2D eigenvalue weighted by Crippen LogP contribution is 3.06. The van der Waals surface area contributed by atoms with Crippen LogP contribution < -0.4 is 0 Å². The summed E-state index contributed by atoms with van der Waals surface area (Å²) in [6.07, 6.45) is 0.763. The fourth-order valence-electron chi connectivity index (χ4n) is 3.02. The van der Waals surface area contributed by atoms with Crippen molar-refractivity contribution in [3.05, 3.63) is 0 Å². The summed E-state index contributed by atoms with van der Waals surface area (Å²) in [5.41, 5.74) is 0. The van der Waals surface area contributed by atoms with Crippen LogP contribution in [-0.4, -0.2) is 43.2 Å². The van der Waals surface area contributed by atoms with Gasteiger partial charge in [-0.25, -0.2) is 9.13 Å². The lowest BCUT2D eigenvalue weighted by Crippen LogP contribution is -2.52. The Hall–Kier alpha value is 0.0700. The van der Waals surface area contributed by atoms with E-state index < -0.39 is 48.4 Å². The quantitative estimate of drug-likeness (QED) is 0.270. The highest BCUT2D eigenvalue weighted by molar-refractivity contribution is 9.50. The molecule has 0 bridgehead atoms. The Kier molecular flexibility index (Phi) is 7.38. The topological polar surface area (TPSA) is 143 Å². The Morgan fingerprint density at radius 3 is 1.08 bits per heavy atom. The van der Waals surface area contributed by atoms with Gasteiger partial charge in [0.1, 0.15) is 0 Å². The second kappa shape index (κ2) is 7.36. The zero-order valence-corrected chi connectivity index (χ0v) is 17.7. The van der Waals surface area contributed by atoms with Crippen molar-refractivity contribution in [2.75, 3.05) is 17.3 Å². The Balaban J connectivity index is 7.62. The van der Waals surface area contributed by atoms with Crippen molar-refractivity contribution in [1.29, 1.82) is 0 Å². The van der Waals surface area contributed by atoms with Gasteiger partial charge >= 0.3 is 25.2 Å². The summed E-state index contributed by atoms with van der Waals surface area (Å²) in [6.45, 7) is 0.739. The van der Waals surface area contributed by atoms with Crippen molar-refractivity contribution in [2.24, 2.45) is 0 Å². The van der Waals surface area contributed by atoms with Crippen LogP contribution in [0.4, 0.5) is 0 Å². The van der Waals surface area contributed by atoms with E-state index in [0.717, 1.165) is 0 Å². The highest BCUT2D eigenvalue weighted by atomic mass is 33.8. The molecule has 24 heavy (non-hydrogen) atoms. The van der Waals surface area contributed by atoms with Crippen LogP contribution in [0.5, 0.6) is 0 Å². The van der Waals surface area contributed by atoms with Crippen LogP contribution in [0.15, 0.2) is 0 Å². The van der Waals surface area contributed by atoms with Crippen molar-refractivity contribution >= 4 is 31.2 Å². The molecule has 0 aliphatic rings. The molecule has 8 nitrogen and oxygen atoms in total. The normalized spacial score (nSPS) is 16.4. The molecule has 0 saturated carbocycles. The molecule has 0 atom stereocenters. The van der Waals surface area contributed by atoms with Crippen LogP contribution in [0.25, 0.3) is 0 Å². The minimum atomic E-state index is -6.41. The first-order valence-electron chi connectivity index (χ1n) is 7.90. The van der Waals surface area contributed by atoms with Crippen LogP contribution in [0, 0.1) is 0 Å². The predicted octanol–water partition coefficient (Wildman–Crippen LogP) is 3.96. The van der Waals surface area contributed by atoms with E-state index in [4.69, 9.17) is 0 Å². The summed E-state index contributed by atoms with van der Waals surface area (Å²) in [7, 11) is -11.3. The van der Waals surface area contributed by atoms with Crippen molar-refractivity contribution in [3.8, 4) is 0 Å². The molecule has 0 amide bonds. The second-order valence-corrected chi connectivity index (χ2v) is 28.6. The molecule has 0 fully saturated rings. The van der Waals surface area contributed by atoms with Gasteiger partial charge < -0.3 is 0 Å². The van der Waals surface area contributed by atoms with Crippen molar-refractivity contribution in [1.82, 2.24) is 0 Å². The van der Waals surface area contributed by atoms with E-state index in [-0.39, 0.29) is 19.3 Å². The van der Waals surface area contributed by atoms with Gasteiger partial charge in [0, 0.05) is 23.2 Å². The molecule has 0 unspecified atom stereocenters. The van der Waals surface area contributed by atoms with Crippen LogP contribution in [0.2, 0.25) is 0 Å². The standard InChI is InChI=1S/C12H29O8PS3/c1-4-7-10-24(21(13)14,11-8-5-2,12-9-6-3,22(15,16)17)23(18,19)20/h4-12H2,1-3H3,(H,15,16,17)(H,18,19,20). The molecule has 0 aromatic heterocycles. The zero-order valence-electron chi connectivity index (χ0n) is 14.4. The van der Waals surface area contributed by atoms with E-state index in [9.17, 15) is 35.1 Å². The van der Waals surface area contributed by atoms with Crippen LogP contribution >= 0.6 is 12.9 Å². The third-order valence-corrected chi connectivity index (χ3v) is 35.8. The molecular formula is C12H29O8PS3. The SMILES string of the molecule is CCCCS(CCCC)(CCCC)(P(=O)=O)(S(=O)(=O)O)S(=O)(=O)O. The number of rotatable bonds is 12. The average molecular weight is 429 g/mol. The van der Waals surface area contributed by atoms with Gasteiger partial charge in [-0.05, 0) is 19.3 Å². The maximum atomic E-state index is 12.6. The molecule has 12 heteroatoms. The number of unbranched alkanes of at least 4 members (excludes halogenated alkanes) is 3. The minimum Gasteiger partial charge on any atom is -0.278 e. The van der Waals surface area contributed by atoms with Gasteiger partial charge in [0.2, 0.25) is 0 Å². The summed E-state index contributed by atoms with van der Waals surface area (Å²) in [4.78, 5) is 0. The van der Waals surface area contributed by atoms with Gasteiger partial charge in [0.15, 0.2) is 0 Å². The molecule has 2 N–H and O–H groups in total. The lowest BCUT2D eigenvalue weighted by molar-refractivity contribution is 0.493. The first-order valence-corrected chi connectivity index (χ1v) is 16.6. The predicted molar refractivity (Wildman–Crippen MR) is 98.3 cm³/mol. The summed E-state index contributed by atoms with van der Waals surface area (Å²) < 4.78 is 95.6. The molecule has 0 radical (unpaired) electrons. The van der Waals surface area contributed by atoms with Crippen molar-refractivity contribution < 1.29 is 35.1 Å². The molecule has 0 spiro atoms. The Morgan fingerprint density at radius 2 is 0.958 bits per heavy atom. The lowest BCUT2D eigenvalue weighted by atomic mass is 10.4. The van der Waals surface area contributed by atoms with Crippen molar-refractivity contribution in [2.45, 2.75) is 59.3 Å². The first-order chi connectivity index (χ1) is 10.8. The lowest BCUT2D eigenvalue weighted by Gasteiger charge is -2.66. The molecule has 148 valence electrons. The van der Waals surface area contributed by atoms with E-state index in [1.807, 2.05) is 0 Å². The summed E-state index contributed by atoms with van der Waals surface area (Å²) in [5, 5.41) is 0. The smallest absolute Gasteiger partial charge is 0.278 e. The van der Waals surface area contributed by atoms with Crippen molar-refractivity contribution in [3.63, 3.8) is 0 Å². The third kappa shape index (κ3) is 2.63. The van der Waals surface area contributed by atoms with Crippen LogP contribution in [0.1, 0.15) is 59.3 Å². The summed E-state index contributed by atoms with van der Waals surface area (Å²) in [5.74, 6) is -8.77. The average Bonchev–Trinajstić information content (AvgIpc) is 2.44. The zero-order chi connectivity index (χ0) is 19.3. The largest absolute Gasteiger partial charge is 0.374 e. The Bertz CT molecular complexity index is 665. The maximum Gasteiger partial charge on any atom is 0.374 e. The monoisotopic (exact) mass is 428 g/mol. The summed E-state index contributed by atoms with van der Waals surface area (Å²) >= 11 is 0. The molecule has 0 saturated heterocycles. The molecule has 0 aliphatic carbocycles. The Labute approximate surface area is 142 Å². The van der Waals surface area contributed by atoms with Crippen LogP contribution in [-0.2, 0) is 27.4 Å². The van der Waals surface area contributed by atoms with Gasteiger partial charge in [-0.15, -0.1) is 0 Å². The third-order valence-electron chi connectivity index (χ3n) is 4.83. The maximum absolute atomic E-state index is 12.6. The molecule has 0 aromatic carbocycles. The Morgan fingerprint density at radius 1 is 0.708 bits per heavy atom. The molecule has 0 rings (SSSR count). The highest BCUT2D eigenvalue weighted by Gasteiger charge is 2.83. The number of hydrogen-bond donors (Lipinski definition) is 2. The molecule has 0 aromatic rings. The van der Waals surface area contributed by atoms with E-state index in [1.54, 1.807) is 20.8 Å². The van der Waals surface area contributed by atoms with E-state index in [0.29, 0.717) is 19.3 Å². The van der Waals surface area contributed by atoms with Gasteiger partial charge in [-0.2, -0.15) is 16.8 Å². The fourth-order valence-corrected chi connectivity index (χ4v) is 23.8. The van der Waals surface area contributed by atoms with E-state index in [2.05, 4.69) is 0 Å². The first kappa shape index (κ1) is 24.1. The molecule has 0 aliphatic heterocycles. The van der Waals surface area contributed by atoms with Gasteiger partial charge in [0.05, 0.1) is 0 Å². The van der Waals surface area contributed by atoms with E-state index in [1.165, 1.54) is 0 Å². The van der Waals surface area contributed by atoms with E-state index >= 15 is 0 Å². The number of hydrogen-bond acceptors (Lipinski definition) is 6. The molecular weight excluding hydrogens is 399 g/mol. The van der Waals surface area contributed by atoms with Gasteiger partial charge in [-0.1, -0.05) is 40.0 Å². The van der Waals surface area contributed by atoms with Gasteiger partial charge in [0.25, 0.3) is 0 Å². The van der Waals surface area contributed by atoms with Crippen LogP contribution in [0.3, 0.4) is 0 Å². The van der Waals surface area contributed by atoms with Gasteiger partial charge in [-0.3, -0.25) is 9.11 Å². The second-order valence-electron chi connectivity index (χ2n) is 6.18. The summed E-state index contributed by atoms with van der Waals surface area (Å²) in [6, 6.07) is 0.